The molecule has 336 valence electrons. The molecule has 4 rings (SSSR count). The van der Waals surface area contributed by atoms with E-state index >= 15 is 0 Å². The molecule has 1 fully saturated rings. The van der Waals surface area contributed by atoms with Gasteiger partial charge in [0, 0.05) is 43.5 Å². The van der Waals surface area contributed by atoms with Crippen molar-refractivity contribution < 1.29 is 66.2 Å². The van der Waals surface area contributed by atoms with Crippen LogP contribution in [0.3, 0.4) is 0 Å². The monoisotopic (exact) mass is 873 g/mol. The Morgan fingerprint density at radius 1 is 0.700 bits per heavy atom. The van der Waals surface area contributed by atoms with Crippen molar-refractivity contribution in [2.75, 3.05) is 34.5 Å². The van der Waals surface area contributed by atoms with Gasteiger partial charge >= 0.3 is 17.9 Å². The molecule has 4 N–H and O–H groups in total. The van der Waals surface area contributed by atoms with E-state index in [1.54, 1.807) is 32.1 Å². The van der Waals surface area contributed by atoms with Gasteiger partial charge in [0.05, 0.1) is 32.5 Å². The van der Waals surface area contributed by atoms with E-state index in [2.05, 4.69) is 14.2 Å². The Kier molecular flexibility index (Phi) is 30.1. The summed E-state index contributed by atoms with van der Waals surface area (Å²) in [5.74, 6) is -3.29. The molecule has 18 heteroatoms. The van der Waals surface area contributed by atoms with Crippen molar-refractivity contribution in [2.45, 2.75) is 92.6 Å². The van der Waals surface area contributed by atoms with Gasteiger partial charge in [-0.3, -0.25) is 0 Å². The molecule has 0 unspecified atom stereocenters. The van der Waals surface area contributed by atoms with E-state index in [1.165, 1.54) is 98.3 Å². The number of methoxy groups -OCH3 is 3. The number of carbonyl (C=O) groups is 3. The molecule has 0 aliphatic carbocycles. The molecule has 0 spiro atoms. The van der Waals surface area contributed by atoms with Crippen molar-refractivity contribution >= 4 is 30.3 Å². The topological polar surface area (TPSA) is 221 Å². The van der Waals surface area contributed by atoms with Gasteiger partial charge in [0.25, 0.3) is 0 Å². The van der Waals surface area contributed by atoms with Gasteiger partial charge in [-0.1, -0.05) is 20.9 Å². The molecule has 3 aromatic carbocycles. The van der Waals surface area contributed by atoms with E-state index in [4.69, 9.17) is 40.7 Å². The molecule has 1 aliphatic heterocycles. The molecule has 1 saturated heterocycles. The first kappa shape index (κ1) is 61.1. The third kappa shape index (κ3) is 22.5. The Bertz CT molecular complexity index is 1850. The minimum Gasteiger partial charge on any atom is -0.508 e. The predicted octanol–water partition coefficient (Wildman–Crippen LogP) is 7.47. The number of phenolic OH excluding ortho intramolecular Hbond substituents is 1. The molecule has 14 nitrogen and oxygen atoms in total. The van der Waals surface area contributed by atoms with Gasteiger partial charge < -0.3 is 44.4 Å². The fourth-order valence-corrected chi connectivity index (χ4v) is 3.93. The molecule has 0 saturated carbocycles. The van der Waals surface area contributed by atoms with Gasteiger partial charge in [0.1, 0.15) is 46.8 Å². The summed E-state index contributed by atoms with van der Waals surface area (Å²) in [5.41, 5.74) is 1.88. The number of nitrogens with two attached hydrogens (primary N) is 1. The normalized spacial score (nSPS) is 11.1. The lowest BCUT2D eigenvalue weighted by atomic mass is 10.1. The molecule has 0 radical (unpaired) electrons. The standard InChI is InChI=1S/C12H16FNO3.C12H12FNO3.C7H4FNO.C5H10O3.C4H8O.2CH4.ClH/c2*1-12(2,11(15)16-3)17-9-5-4-8(7-14)10(13)6-9;8-7-3-6(10)2-1-5(7)4-9;1-5(2,7)4(6)8-3;1-2-4-5-3-1;;;/h4-6H,7,14H2,1-3H3;4-6H,1-3H3;1-3,10H;7H,1-3H3;1-4H2;2*1H4;1H. The van der Waals surface area contributed by atoms with E-state index in [0.29, 0.717) is 5.56 Å². The number of aliphatic hydroxyl groups is 1. The molecule has 0 atom stereocenters. The summed E-state index contributed by atoms with van der Waals surface area (Å²) in [5, 5.41) is 34.3. The third-order valence-electron chi connectivity index (χ3n) is 6.99. The summed E-state index contributed by atoms with van der Waals surface area (Å²) in [7, 11) is 3.75. The number of nitrogens with zero attached hydrogens (tertiary/aromatic N) is 2. The van der Waals surface area contributed by atoms with Crippen LogP contribution >= 0.6 is 12.4 Å². The number of hydrogen-bond acceptors (Lipinski definition) is 14. The van der Waals surface area contributed by atoms with E-state index < -0.39 is 52.2 Å². The lowest BCUT2D eigenvalue weighted by Gasteiger charge is -2.23. The number of benzene rings is 3. The summed E-state index contributed by atoms with van der Waals surface area (Å²) < 4.78 is 68.2. The first-order chi connectivity index (χ1) is 26.5. The Hall–Kier alpha value is -5.59. The number of rotatable bonds is 8. The molecule has 0 bridgehead atoms. The summed E-state index contributed by atoms with van der Waals surface area (Å²) >= 11 is 0. The van der Waals surface area contributed by atoms with Crippen molar-refractivity contribution in [3.05, 3.63) is 88.7 Å². The lowest BCUT2D eigenvalue weighted by molar-refractivity contribution is -0.158. The maximum absolute atomic E-state index is 13.4. The SMILES string of the molecule is C.C.C1CCOC1.COC(=O)C(C)(C)O.COC(=O)C(C)(C)Oc1ccc(C#N)c(F)c1.COC(=O)C(C)(C)Oc1ccc(CN)c(F)c1.Cl.N#Cc1ccc(O)cc1F. The van der Waals surface area contributed by atoms with Crippen LogP contribution in [-0.4, -0.2) is 79.5 Å². The lowest BCUT2D eigenvalue weighted by Crippen LogP contribution is -2.39. The summed E-state index contributed by atoms with van der Waals surface area (Å²) in [6.45, 7) is 11.0. The Morgan fingerprint density at radius 2 is 1.08 bits per heavy atom. The van der Waals surface area contributed by atoms with Gasteiger partial charge in [0.2, 0.25) is 0 Å². The minimum absolute atomic E-state index is 0. The largest absolute Gasteiger partial charge is 0.508 e. The molecule has 1 aliphatic rings. The van der Waals surface area contributed by atoms with Crippen molar-refractivity contribution in [2.24, 2.45) is 5.73 Å². The van der Waals surface area contributed by atoms with Crippen LogP contribution in [0.2, 0.25) is 0 Å². The van der Waals surface area contributed by atoms with Gasteiger partial charge in [-0.15, -0.1) is 12.4 Å². The zero-order chi connectivity index (χ0) is 44.0. The van der Waals surface area contributed by atoms with E-state index in [-0.39, 0.29) is 62.2 Å². The zero-order valence-corrected chi connectivity index (χ0v) is 34.6. The quantitative estimate of drug-likeness (QED) is 0.148. The van der Waals surface area contributed by atoms with E-state index in [9.17, 15) is 27.6 Å². The Balaban J connectivity index is -0.000000341. The fourth-order valence-electron chi connectivity index (χ4n) is 3.93. The van der Waals surface area contributed by atoms with Crippen LogP contribution in [0.4, 0.5) is 13.2 Å². The number of esters is 3. The maximum atomic E-state index is 13.4. The first-order valence-electron chi connectivity index (χ1n) is 17.0. The number of carbonyl (C=O) groups excluding carboxylic acids is 3. The first-order valence-corrected chi connectivity index (χ1v) is 17.0. The third-order valence-corrected chi connectivity index (χ3v) is 6.99. The van der Waals surface area contributed by atoms with Crippen LogP contribution in [0.1, 0.15) is 85.9 Å². The molecule has 1 heterocycles. The second-order valence-electron chi connectivity index (χ2n) is 13.1. The van der Waals surface area contributed by atoms with Crippen LogP contribution < -0.4 is 15.2 Å². The van der Waals surface area contributed by atoms with Gasteiger partial charge in [-0.05, 0) is 84.7 Å². The number of nitriles is 2. The average Bonchev–Trinajstić information content (AvgIpc) is 3.75. The fraction of sp³-hybridized carbons (Fsp3) is 0.452. The van der Waals surface area contributed by atoms with Crippen LogP contribution in [-0.2, 0) is 39.9 Å². The highest BCUT2D eigenvalue weighted by Gasteiger charge is 2.32. The molecule has 0 amide bonds. The van der Waals surface area contributed by atoms with E-state index in [0.717, 1.165) is 25.3 Å². The average molecular weight is 874 g/mol. The Labute approximate surface area is 357 Å². The van der Waals surface area contributed by atoms with Crippen molar-refractivity contribution in [3.63, 3.8) is 0 Å². The highest BCUT2D eigenvalue weighted by molar-refractivity contribution is 5.85. The second kappa shape index (κ2) is 29.6. The van der Waals surface area contributed by atoms with Crippen molar-refractivity contribution in [1.82, 2.24) is 0 Å². The van der Waals surface area contributed by atoms with Crippen LogP contribution in [0.15, 0.2) is 54.6 Å². The summed E-state index contributed by atoms with van der Waals surface area (Å²) in [4.78, 5) is 33.1. The van der Waals surface area contributed by atoms with Crippen LogP contribution in [0.5, 0.6) is 17.2 Å². The molecular formula is C42H59ClF3N3O11. The number of hydrogen-bond donors (Lipinski definition) is 3. The maximum Gasteiger partial charge on any atom is 0.349 e. The molecule has 60 heavy (non-hydrogen) atoms. The molecular weight excluding hydrogens is 815 g/mol. The Morgan fingerprint density at radius 3 is 1.37 bits per heavy atom. The summed E-state index contributed by atoms with van der Waals surface area (Å²) in [6, 6.07) is 14.8. The summed E-state index contributed by atoms with van der Waals surface area (Å²) in [6.07, 6.45) is 2.56. The number of aromatic hydroxyl groups is 1. The highest BCUT2D eigenvalue weighted by Crippen LogP contribution is 2.23. The second-order valence-corrected chi connectivity index (χ2v) is 13.1. The minimum atomic E-state index is -1.35. The van der Waals surface area contributed by atoms with Crippen molar-refractivity contribution in [3.8, 4) is 29.4 Å². The van der Waals surface area contributed by atoms with Gasteiger partial charge in [0.15, 0.2) is 16.8 Å². The smallest absolute Gasteiger partial charge is 0.349 e. The number of halogens is 4. The van der Waals surface area contributed by atoms with Crippen LogP contribution in [0, 0.1) is 40.1 Å². The van der Waals surface area contributed by atoms with E-state index in [1.807, 2.05) is 0 Å². The number of ether oxygens (including phenoxy) is 6. The predicted molar refractivity (Wildman–Crippen MR) is 221 cm³/mol. The zero-order valence-electron chi connectivity index (χ0n) is 33.8. The van der Waals surface area contributed by atoms with Gasteiger partial charge in [-0.2, -0.15) is 10.5 Å². The molecule has 3 aromatic rings. The van der Waals surface area contributed by atoms with Gasteiger partial charge in [-0.25, -0.2) is 27.6 Å². The molecule has 0 aromatic heterocycles. The number of phenols is 1. The van der Waals surface area contributed by atoms with Crippen molar-refractivity contribution in [1.29, 1.82) is 10.5 Å². The van der Waals surface area contributed by atoms with Crippen LogP contribution in [0.25, 0.3) is 0 Å². The highest BCUT2D eigenvalue weighted by atomic mass is 35.5.